The molecule has 0 saturated carbocycles. The number of hydrogen-bond donors (Lipinski definition) is 1. The third-order valence-electron chi connectivity index (χ3n) is 2.64. The second kappa shape index (κ2) is 14.2. The molecule has 0 spiro atoms. The van der Waals surface area contributed by atoms with E-state index in [0.717, 1.165) is 11.1 Å². The fourth-order valence-electron chi connectivity index (χ4n) is 1.06. The maximum atomic E-state index is 9.20. The van der Waals surface area contributed by atoms with Crippen molar-refractivity contribution >= 4 is 0 Å². The lowest BCUT2D eigenvalue weighted by Gasteiger charge is -2.06. The van der Waals surface area contributed by atoms with Crippen LogP contribution in [-0.2, 0) is 0 Å². The summed E-state index contributed by atoms with van der Waals surface area (Å²) in [6.07, 6.45) is 4.93. The average molecular weight is 252 g/mol. The van der Waals surface area contributed by atoms with Gasteiger partial charge < -0.3 is 5.11 Å². The monoisotopic (exact) mass is 252 g/mol. The number of benzene rings is 1. The Morgan fingerprint density at radius 2 is 1.28 bits per heavy atom. The molecular formula is C17H32O. The van der Waals surface area contributed by atoms with Gasteiger partial charge in [0.25, 0.3) is 0 Å². The van der Waals surface area contributed by atoms with Crippen LogP contribution in [0, 0.1) is 6.92 Å². The van der Waals surface area contributed by atoms with E-state index < -0.39 is 0 Å². The van der Waals surface area contributed by atoms with Gasteiger partial charge >= 0.3 is 0 Å². The molecular weight excluding hydrogens is 220 g/mol. The molecule has 0 bridgehead atoms. The predicted octanol–water partition coefficient (Wildman–Crippen LogP) is 5.66. The van der Waals surface area contributed by atoms with Gasteiger partial charge in [-0.2, -0.15) is 0 Å². The smallest absolute Gasteiger partial charge is 0.0764 e. The van der Waals surface area contributed by atoms with E-state index >= 15 is 0 Å². The van der Waals surface area contributed by atoms with Gasteiger partial charge in [-0.05, 0) is 25.0 Å². The van der Waals surface area contributed by atoms with Crippen LogP contribution in [0.1, 0.15) is 77.5 Å². The molecule has 0 aliphatic rings. The fraction of sp³-hybridized carbons (Fsp3) is 0.647. The minimum Gasteiger partial charge on any atom is -0.389 e. The summed E-state index contributed by atoms with van der Waals surface area (Å²) >= 11 is 0. The Bertz CT molecular complexity index is 258. The van der Waals surface area contributed by atoms with Crippen molar-refractivity contribution < 1.29 is 5.11 Å². The van der Waals surface area contributed by atoms with Crippen molar-refractivity contribution in [3.63, 3.8) is 0 Å². The van der Waals surface area contributed by atoms with Crippen LogP contribution in [0.5, 0.6) is 0 Å². The largest absolute Gasteiger partial charge is 0.389 e. The molecule has 0 aliphatic carbocycles. The highest BCUT2D eigenvalue weighted by Gasteiger charge is 2.01. The van der Waals surface area contributed by atoms with Crippen LogP contribution in [0.15, 0.2) is 24.3 Å². The van der Waals surface area contributed by atoms with Crippen molar-refractivity contribution in [3.05, 3.63) is 35.4 Å². The summed E-state index contributed by atoms with van der Waals surface area (Å²) in [5.41, 5.74) is 2.17. The van der Waals surface area contributed by atoms with Gasteiger partial charge in [0.15, 0.2) is 0 Å². The molecule has 1 heteroatoms. The molecule has 0 saturated heterocycles. The molecule has 0 fully saturated rings. The first-order valence-electron chi connectivity index (χ1n) is 7.28. The first-order chi connectivity index (χ1) is 8.54. The van der Waals surface area contributed by atoms with E-state index in [2.05, 4.69) is 27.7 Å². The number of hydrogen-bond acceptors (Lipinski definition) is 1. The Morgan fingerprint density at radius 1 is 0.889 bits per heavy atom. The maximum Gasteiger partial charge on any atom is 0.0764 e. The number of rotatable bonds is 3. The number of aryl methyl sites for hydroxylation is 1. The Hall–Kier alpha value is -0.820. The summed E-state index contributed by atoms with van der Waals surface area (Å²) in [6, 6.07) is 7.86. The Kier molecular flexibility index (Phi) is 15.4. The molecule has 0 aliphatic heterocycles. The van der Waals surface area contributed by atoms with E-state index in [-0.39, 0.29) is 6.10 Å². The van der Waals surface area contributed by atoms with Gasteiger partial charge in [-0.1, -0.05) is 77.6 Å². The molecule has 1 atom stereocenters. The minimum absolute atomic E-state index is 0.346. The third-order valence-corrected chi connectivity index (χ3v) is 2.64. The molecule has 106 valence electrons. The van der Waals surface area contributed by atoms with Crippen molar-refractivity contribution in [3.8, 4) is 0 Å². The highest BCUT2D eigenvalue weighted by molar-refractivity contribution is 5.26. The molecule has 1 aromatic rings. The summed E-state index contributed by atoms with van der Waals surface area (Å²) in [5, 5.41) is 9.20. The van der Waals surface area contributed by atoms with E-state index in [1.54, 1.807) is 6.92 Å². The second-order valence-corrected chi connectivity index (χ2v) is 4.53. The minimum atomic E-state index is -0.346. The summed E-state index contributed by atoms with van der Waals surface area (Å²) < 4.78 is 0. The third kappa shape index (κ3) is 11.7. The Balaban J connectivity index is 0. The standard InChI is InChI=1S/C9H12O.2C4H10/c1-7-5-3-4-6-9(7)8(2)10;2*1-3-4-2/h3-6,8,10H,1-2H3;2*3-4H2,1-2H3. The number of aliphatic hydroxyl groups excluding tert-OH is 1. The topological polar surface area (TPSA) is 20.2 Å². The Labute approximate surface area is 114 Å². The zero-order chi connectivity index (χ0) is 14.4. The normalized spacial score (nSPS) is 10.6. The number of unbranched alkanes of at least 4 members (excludes halogenated alkanes) is 2. The molecule has 1 N–H and O–H groups in total. The first-order valence-corrected chi connectivity index (χ1v) is 7.28. The summed E-state index contributed by atoms with van der Waals surface area (Å²) in [7, 11) is 0. The molecule has 0 amide bonds. The van der Waals surface area contributed by atoms with Gasteiger partial charge in [0.05, 0.1) is 6.10 Å². The van der Waals surface area contributed by atoms with Crippen LogP contribution >= 0.6 is 0 Å². The average Bonchev–Trinajstić information content (AvgIpc) is 2.39. The van der Waals surface area contributed by atoms with E-state index in [1.165, 1.54) is 25.7 Å². The van der Waals surface area contributed by atoms with Gasteiger partial charge in [0.2, 0.25) is 0 Å². The summed E-state index contributed by atoms with van der Waals surface area (Å²) in [6.45, 7) is 12.5. The van der Waals surface area contributed by atoms with Crippen LogP contribution in [0.3, 0.4) is 0 Å². The summed E-state index contributed by atoms with van der Waals surface area (Å²) in [5.74, 6) is 0. The molecule has 1 unspecified atom stereocenters. The quantitative estimate of drug-likeness (QED) is 0.735. The van der Waals surface area contributed by atoms with E-state index in [9.17, 15) is 5.11 Å². The highest BCUT2D eigenvalue weighted by Crippen LogP contribution is 2.15. The lowest BCUT2D eigenvalue weighted by molar-refractivity contribution is 0.198. The van der Waals surface area contributed by atoms with Gasteiger partial charge in [-0.3, -0.25) is 0 Å². The van der Waals surface area contributed by atoms with Crippen molar-refractivity contribution in [2.24, 2.45) is 0 Å². The molecule has 0 radical (unpaired) electrons. The lowest BCUT2D eigenvalue weighted by atomic mass is 10.1. The van der Waals surface area contributed by atoms with Crippen molar-refractivity contribution in [2.75, 3.05) is 0 Å². The van der Waals surface area contributed by atoms with Crippen LogP contribution in [-0.4, -0.2) is 5.11 Å². The van der Waals surface area contributed by atoms with Gasteiger partial charge in [0, 0.05) is 0 Å². The van der Waals surface area contributed by atoms with Crippen LogP contribution in [0.4, 0.5) is 0 Å². The van der Waals surface area contributed by atoms with E-state index in [0.29, 0.717) is 0 Å². The van der Waals surface area contributed by atoms with Crippen LogP contribution < -0.4 is 0 Å². The van der Waals surface area contributed by atoms with Crippen molar-refractivity contribution in [1.29, 1.82) is 0 Å². The maximum absolute atomic E-state index is 9.20. The van der Waals surface area contributed by atoms with Crippen molar-refractivity contribution in [2.45, 2.75) is 73.3 Å². The SMILES string of the molecule is CCCC.CCCC.Cc1ccccc1C(C)O. The highest BCUT2D eigenvalue weighted by atomic mass is 16.3. The fourth-order valence-corrected chi connectivity index (χ4v) is 1.06. The van der Waals surface area contributed by atoms with Crippen LogP contribution in [0.25, 0.3) is 0 Å². The van der Waals surface area contributed by atoms with E-state index in [4.69, 9.17) is 0 Å². The van der Waals surface area contributed by atoms with Gasteiger partial charge in [0.1, 0.15) is 0 Å². The predicted molar refractivity (Wildman–Crippen MR) is 83.0 cm³/mol. The zero-order valence-corrected chi connectivity index (χ0v) is 13.2. The number of aliphatic hydroxyl groups is 1. The zero-order valence-electron chi connectivity index (χ0n) is 13.2. The summed E-state index contributed by atoms with van der Waals surface area (Å²) in [4.78, 5) is 0. The molecule has 0 aromatic heterocycles. The van der Waals surface area contributed by atoms with Crippen molar-refractivity contribution in [1.82, 2.24) is 0 Å². The van der Waals surface area contributed by atoms with Crippen LogP contribution in [0.2, 0.25) is 0 Å². The van der Waals surface area contributed by atoms with Gasteiger partial charge in [-0.25, -0.2) is 0 Å². The van der Waals surface area contributed by atoms with Gasteiger partial charge in [-0.15, -0.1) is 0 Å². The molecule has 18 heavy (non-hydrogen) atoms. The first kappa shape index (κ1) is 19.5. The second-order valence-electron chi connectivity index (χ2n) is 4.53. The van der Waals surface area contributed by atoms with E-state index in [1.807, 2.05) is 31.2 Å². The molecule has 1 rings (SSSR count). The Morgan fingerprint density at radius 3 is 1.50 bits per heavy atom. The molecule has 0 heterocycles. The molecule has 1 aromatic carbocycles. The molecule has 1 nitrogen and oxygen atoms in total. The lowest BCUT2D eigenvalue weighted by Crippen LogP contribution is -1.92.